The van der Waals surface area contributed by atoms with Crippen LogP contribution in [0.15, 0.2) is 53.2 Å². The van der Waals surface area contributed by atoms with E-state index < -0.39 is 18.2 Å². The van der Waals surface area contributed by atoms with Crippen molar-refractivity contribution in [1.29, 1.82) is 0 Å². The Hall–Kier alpha value is -4.41. The number of pyridine rings is 1. The zero-order valence-electron chi connectivity index (χ0n) is 26.4. The summed E-state index contributed by atoms with van der Waals surface area (Å²) in [6.45, 7) is 6.84. The van der Waals surface area contributed by atoms with Crippen molar-refractivity contribution in [3.8, 4) is 16.9 Å². The van der Waals surface area contributed by atoms with Gasteiger partial charge in [-0.1, -0.05) is 67.7 Å². The average Bonchev–Trinajstić information content (AvgIpc) is 3.56. The molecule has 46 heavy (non-hydrogen) atoms. The van der Waals surface area contributed by atoms with E-state index in [0.29, 0.717) is 18.7 Å². The van der Waals surface area contributed by atoms with Crippen LogP contribution in [-0.4, -0.2) is 38.5 Å². The number of carbonyl (C=O) groups is 1. The number of hydrogen-bond acceptors (Lipinski definition) is 7. The van der Waals surface area contributed by atoms with Gasteiger partial charge in [-0.3, -0.25) is 0 Å². The summed E-state index contributed by atoms with van der Waals surface area (Å²) < 4.78 is 47.7. The van der Waals surface area contributed by atoms with E-state index in [2.05, 4.69) is 58.4 Å². The van der Waals surface area contributed by atoms with E-state index in [1.54, 1.807) is 0 Å². The fraction of sp³-hybridized carbons (Fsp3) is 0.429. The highest BCUT2D eigenvalue weighted by atomic mass is 19.4. The molecule has 2 aromatic carbocycles. The van der Waals surface area contributed by atoms with Gasteiger partial charge in [0, 0.05) is 30.8 Å². The first-order valence-corrected chi connectivity index (χ1v) is 15.6. The minimum Gasteiger partial charge on any atom is -0.481 e. The van der Waals surface area contributed by atoms with Crippen LogP contribution >= 0.6 is 0 Å². The van der Waals surface area contributed by atoms with Gasteiger partial charge >= 0.3 is 12.1 Å². The van der Waals surface area contributed by atoms with Crippen molar-refractivity contribution in [2.45, 2.75) is 90.3 Å². The van der Waals surface area contributed by atoms with E-state index in [0.717, 1.165) is 55.4 Å². The first-order valence-electron chi connectivity index (χ1n) is 15.6. The summed E-state index contributed by atoms with van der Waals surface area (Å²) in [6, 6.07) is 14.3. The van der Waals surface area contributed by atoms with E-state index in [1.165, 1.54) is 41.2 Å². The number of carboxylic acid groups (broad SMARTS) is 1. The zero-order chi connectivity index (χ0) is 33.2. The summed E-state index contributed by atoms with van der Waals surface area (Å²) in [5, 5.41) is 13.3. The molecular weight excluding hydrogens is 597 g/mol. The van der Waals surface area contributed by atoms with E-state index in [1.807, 2.05) is 13.8 Å². The van der Waals surface area contributed by atoms with Gasteiger partial charge in [0.15, 0.2) is 17.6 Å². The number of alkyl halides is 3. The number of unbranched alkanes of at least 4 members (excludes halogenated alkanes) is 1. The van der Waals surface area contributed by atoms with Crippen LogP contribution in [0.2, 0.25) is 0 Å². The largest absolute Gasteiger partial charge is 0.481 e. The van der Waals surface area contributed by atoms with Gasteiger partial charge < -0.3 is 20.1 Å². The lowest BCUT2D eigenvalue weighted by molar-refractivity contribution is -0.189. The van der Waals surface area contributed by atoms with Crippen LogP contribution in [0, 0.1) is 12.8 Å². The molecule has 6 rings (SSSR count). The second-order valence-electron chi connectivity index (χ2n) is 12.4. The number of aromatic nitrogens is 3. The molecule has 2 aliphatic rings. The zero-order valence-corrected chi connectivity index (χ0v) is 26.4. The van der Waals surface area contributed by atoms with Crippen molar-refractivity contribution in [1.82, 2.24) is 15.1 Å². The van der Waals surface area contributed by atoms with Crippen molar-refractivity contribution in [2.24, 2.45) is 5.92 Å². The van der Waals surface area contributed by atoms with Gasteiger partial charge in [0.05, 0.1) is 5.41 Å². The maximum absolute atomic E-state index is 12.5. The van der Waals surface area contributed by atoms with Gasteiger partial charge in [-0.2, -0.15) is 18.2 Å². The summed E-state index contributed by atoms with van der Waals surface area (Å²) >= 11 is 0. The number of hydrogen-bond donors (Lipinski definition) is 2. The summed E-state index contributed by atoms with van der Waals surface area (Å²) in [4.78, 5) is 19.4. The van der Waals surface area contributed by atoms with Crippen LogP contribution in [-0.2, 0) is 18.3 Å². The standard InChI is InChI=1S/C22H23N3O.C13H16F3NO3/c1-13-24-21(25-26-13)22(2,12-14-7-8-14)19-10-9-17-16-6-4-3-5-15(16)11-18(17)20(19)23;1-3-4-5-9-10(20-8(2)13(14,15)16)6-7-17-11(9)12(18)19/h3-6,9-10,14H,7-8,11-12,23H2,1-2H3;6-8H,3-5H2,1-2H3,(H,18,19)/t;8-/m.0/s1. The van der Waals surface area contributed by atoms with Crippen molar-refractivity contribution < 1.29 is 32.3 Å². The fourth-order valence-electron chi connectivity index (χ4n) is 6.08. The second kappa shape index (κ2) is 13.1. The molecule has 0 aliphatic heterocycles. The number of carboxylic acids is 1. The molecule has 2 heterocycles. The molecule has 1 saturated carbocycles. The topological polar surface area (TPSA) is 124 Å². The van der Waals surface area contributed by atoms with Crippen molar-refractivity contribution in [3.63, 3.8) is 0 Å². The molecule has 8 nitrogen and oxygen atoms in total. The van der Waals surface area contributed by atoms with Crippen LogP contribution in [0.3, 0.4) is 0 Å². The van der Waals surface area contributed by atoms with Crippen LogP contribution in [0.25, 0.3) is 11.1 Å². The second-order valence-corrected chi connectivity index (χ2v) is 12.4. The first kappa shape index (κ1) is 33.0. The van der Waals surface area contributed by atoms with Gasteiger partial charge in [-0.05, 0) is 72.9 Å². The quantitative estimate of drug-likeness (QED) is 0.147. The number of aryl methyl sites for hydroxylation is 1. The number of nitrogens with two attached hydrogens (primary N) is 1. The van der Waals surface area contributed by atoms with E-state index in [9.17, 15) is 18.0 Å². The lowest BCUT2D eigenvalue weighted by Crippen LogP contribution is -2.31. The lowest BCUT2D eigenvalue weighted by Gasteiger charge is -2.29. The van der Waals surface area contributed by atoms with E-state index >= 15 is 0 Å². The number of rotatable bonds is 10. The molecule has 0 radical (unpaired) electrons. The Morgan fingerprint density at radius 1 is 1.15 bits per heavy atom. The Morgan fingerprint density at radius 3 is 2.52 bits per heavy atom. The number of halogens is 3. The highest BCUT2D eigenvalue weighted by Gasteiger charge is 2.42. The number of benzene rings is 2. The van der Waals surface area contributed by atoms with Crippen LogP contribution in [0.5, 0.6) is 5.75 Å². The SMILES string of the molecule is CCCCc1c(O[C@@H](C)C(F)(F)F)ccnc1C(=O)O.Cc1nc(C(C)(CC2CC2)c2ccc3c(c2N)Cc2ccccc2-3)no1. The molecule has 4 aromatic rings. The third-order valence-corrected chi connectivity index (χ3v) is 8.80. The third-order valence-electron chi connectivity index (χ3n) is 8.80. The molecule has 11 heteroatoms. The number of aromatic carboxylic acids is 1. The predicted octanol–water partition coefficient (Wildman–Crippen LogP) is 8.09. The van der Waals surface area contributed by atoms with Gasteiger partial charge in [-0.25, -0.2) is 9.78 Å². The molecule has 0 bridgehead atoms. The minimum absolute atomic E-state index is 0.0734. The third kappa shape index (κ3) is 6.88. The van der Waals surface area contributed by atoms with Crippen LogP contribution in [0.1, 0.15) is 97.3 Å². The summed E-state index contributed by atoms with van der Waals surface area (Å²) in [5.41, 5.74) is 13.6. The summed E-state index contributed by atoms with van der Waals surface area (Å²) in [7, 11) is 0. The lowest BCUT2D eigenvalue weighted by atomic mass is 9.75. The average molecular weight is 637 g/mol. The first-order chi connectivity index (χ1) is 21.8. The Bertz CT molecular complexity index is 1720. The van der Waals surface area contributed by atoms with Gasteiger partial charge in [0.1, 0.15) is 5.75 Å². The molecular formula is C35H39F3N4O4. The molecule has 0 spiro atoms. The van der Waals surface area contributed by atoms with E-state index in [-0.39, 0.29) is 22.4 Å². The monoisotopic (exact) mass is 636 g/mol. The molecule has 2 atom stereocenters. The minimum atomic E-state index is -4.51. The molecule has 1 fully saturated rings. The summed E-state index contributed by atoms with van der Waals surface area (Å²) in [5.74, 6) is 0.735. The molecule has 244 valence electrons. The van der Waals surface area contributed by atoms with Crippen molar-refractivity contribution in [3.05, 3.63) is 88.3 Å². The highest BCUT2D eigenvalue weighted by Crippen LogP contribution is 2.49. The number of ether oxygens (including phenoxy) is 1. The number of anilines is 1. The van der Waals surface area contributed by atoms with Gasteiger partial charge in [0.25, 0.3) is 0 Å². The molecule has 3 N–H and O–H groups in total. The maximum atomic E-state index is 12.5. The normalized spacial score (nSPS) is 15.6. The number of nitrogen functional groups attached to an aromatic ring is 1. The molecule has 2 aromatic heterocycles. The number of nitrogens with zero attached hydrogens (tertiary/aromatic N) is 3. The molecule has 2 aliphatic carbocycles. The molecule has 0 saturated heterocycles. The predicted molar refractivity (Wildman–Crippen MR) is 168 cm³/mol. The Kier molecular flexibility index (Phi) is 9.42. The molecule has 0 amide bonds. The van der Waals surface area contributed by atoms with Crippen LogP contribution in [0.4, 0.5) is 18.9 Å². The van der Waals surface area contributed by atoms with Gasteiger partial charge in [-0.15, -0.1) is 0 Å². The van der Waals surface area contributed by atoms with Crippen molar-refractivity contribution >= 4 is 11.7 Å². The fourth-order valence-corrected chi connectivity index (χ4v) is 6.08. The number of fused-ring (bicyclic) bond motifs is 3. The van der Waals surface area contributed by atoms with Crippen LogP contribution < -0.4 is 10.5 Å². The highest BCUT2D eigenvalue weighted by molar-refractivity contribution is 5.88. The Morgan fingerprint density at radius 2 is 1.89 bits per heavy atom. The Balaban J connectivity index is 0.000000189. The smallest absolute Gasteiger partial charge is 0.425 e. The van der Waals surface area contributed by atoms with Gasteiger partial charge in [0.2, 0.25) is 5.89 Å². The van der Waals surface area contributed by atoms with E-state index in [4.69, 9.17) is 20.1 Å². The Labute approximate surface area is 266 Å². The van der Waals surface area contributed by atoms with Crippen molar-refractivity contribution in [2.75, 3.05) is 5.73 Å². The maximum Gasteiger partial charge on any atom is 0.425 e. The molecule has 1 unspecified atom stereocenters. The summed E-state index contributed by atoms with van der Waals surface area (Å²) in [6.07, 6.45) is 0.832.